The first-order valence-corrected chi connectivity index (χ1v) is 12.0. The van der Waals surface area contributed by atoms with Gasteiger partial charge in [0, 0.05) is 19.2 Å². The number of nitrogens with zero attached hydrogens (tertiary/aromatic N) is 2. The van der Waals surface area contributed by atoms with Gasteiger partial charge in [0.15, 0.2) is 0 Å². The molecule has 2 atom stereocenters. The minimum absolute atomic E-state index is 0.0185. The zero-order valence-corrected chi connectivity index (χ0v) is 18.8. The van der Waals surface area contributed by atoms with Crippen LogP contribution in [0.25, 0.3) is 11.5 Å². The lowest BCUT2D eigenvalue weighted by Gasteiger charge is -2.45. The largest absolute Gasteiger partial charge is 0.463 e. The van der Waals surface area contributed by atoms with Crippen molar-refractivity contribution in [2.75, 3.05) is 13.2 Å². The Morgan fingerprint density at radius 2 is 1.88 bits per heavy atom. The molecule has 172 valence electrons. The van der Waals surface area contributed by atoms with E-state index in [1.165, 1.54) is 12.8 Å². The molecule has 1 N–H and O–H groups in total. The number of fused-ring (bicyclic) bond motifs is 1. The van der Waals surface area contributed by atoms with Crippen LogP contribution in [0.5, 0.6) is 0 Å². The SMILES string of the molecule is C[C@@]1(C(=O)NC2CCCCCC2)Cn2c(ccc2-c2ccco2)C(=O)N1C[C@@H]1CCCO1. The summed E-state index contributed by atoms with van der Waals surface area (Å²) in [5, 5.41) is 3.31. The van der Waals surface area contributed by atoms with Crippen LogP contribution >= 0.6 is 0 Å². The van der Waals surface area contributed by atoms with Gasteiger partial charge in [-0.25, -0.2) is 0 Å². The van der Waals surface area contributed by atoms with E-state index in [-0.39, 0.29) is 24.0 Å². The van der Waals surface area contributed by atoms with Crippen molar-refractivity contribution < 1.29 is 18.7 Å². The molecule has 2 amide bonds. The van der Waals surface area contributed by atoms with E-state index in [0.29, 0.717) is 24.5 Å². The lowest BCUT2D eigenvalue weighted by Crippen LogP contribution is -2.66. The first kappa shape index (κ1) is 21.3. The number of hydrogen-bond acceptors (Lipinski definition) is 4. The Morgan fingerprint density at radius 3 is 2.56 bits per heavy atom. The van der Waals surface area contributed by atoms with Gasteiger partial charge in [-0.2, -0.15) is 0 Å². The van der Waals surface area contributed by atoms with E-state index < -0.39 is 5.54 Å². The van der Waals surface area contributed by atoms with Gasteiger partial charge in [-0.3, -0.25) is 9.59 Å². The predicted molar refractivity (Wildman–Crippen MR) is 120 cm³/mol. The zero-order valence-electron chi connectivity index (χ0n) is 18.8. The topological polar surface area (TPSA) is 76.7 Å². The number of ether oxygens (including phenoxy) is 1. The average molecular weight is 440 g/mol. The molecular weight excluding hydrogens is 406 g/mol. The molecule has 0 spiro atoms. The maximum absolute atomic E-state index is 13.8. The summed E-state index contributed by atoms with van der Waals surface area (Å²) in [5.41, 5.74) is 0.417. The van der Waals surface area contributed by atoms with Crippen LogP contribution in [0.1, 0.15) is 68.8 Å². The number of hydrogen-bond donors (Lipinski definition) is 1. The minimum atomic E-state index is -0.997. The Bertz CT molecular complexity index is 952. The summed E-state index contributed by atoms with van der Waals surface area (Å²) in [6.45, 7) is 3.45. The van der Waals surface area contributed by atoms with E-state index >= 15 is 0 Å². The second kappa shape index (κ2) is 8.77. The molecule has 0 aromatic carbocycles. The van der Waals surface area contributed by atoms with Crippen LogP contribution in [0.15, 0.2) is 34.9 Å². The van der Waals surface area contributed by atoms with Gasteiger partial charge in [0.05, 0.1) is 24.6 Å². The highest BCUT2D eigenvalue weighted by Crippen LogP contribution is 2.34. The Labute approximate surface area is 189 Å². The third-order valence-corrected chi connectivity index (χ3v) is 7.37. The average Bonchev–Trinajstić information content (AvgIpc) is 3.52. The third-order valence-electron chi connectivity index (χ3n) is 7.37. The molecule has 0 unspecified atom stereocenters. The lowest BCUT2D eigenvalue weighted by atomic mass is 9.93. The standard InChI is InChI=1S/C25H33N3O4/c1-25(24(30)26-18-8-4-2-3-5-9-18)17-27-20(22-11-7-15-32-22)12-13-21(27)23(29)28(25)16-19-10-6-14-31-19/h7,11-13,15,18-19H,2-6,8-10,14,16-17H2,1H3,(H,26,30)/t19-,25-/m0/s1. The van der Waals surface area contributed by atoms with E-state index in [9.17, 15) is 9.59 Å². The monoisotopic (exact) mass is 439 g/mol. The molecule has 1 saturated heterocycles. The van der Waals surface area contributed by atoms with Crippen LogP contribution in [-0.2, 0) is 16.1 Å². The van der Waals surface area contributed by atoms with Crippen LogP contribution in [0, 0.1) is 0 Å². The maximum Gasteiger partial charge on any atom is 0.271 e. The summed E-state index contributed by atoms with van der Waals surface area (Å²) in [5.74, 6) is 0.506. The van der Waals surface area contributed by atoms with Gasteiger partial charge in [0.1, 0.15) is 17.0 Å². The second-order valence-electron chi connectivity index (χ2n) is 9.65. The van der Waals surface area contributed by atoms with Crippen molar-refractivity contribution in [1.82, 2.24) is 14.8 Å². The van der Waals surface area contributed by atoms with Crippen LogP contribution in [0.3, 0.4) is 0 Å². The third kappa shape index (κ3) is 3.87. The summed E-state index contributed by atoms with van der Waals surface area (Å²) in [6.07, 6.45) is 10.3. The molecular formula is C25H33N3O4. The molecule has 4 heterocycles. The van der Waals surface area contributed by atoms with E-state index in [4.69, 9.17) is 9.15 Å². The van der Waals surface area contributed by atoms with Crippen molar-refractivity contribution in [3.8, 4) is 11.5 Å². The minimum Gasteiger partial charge on any atom is -0.463 e. The molecule has 1 aliphatic carbocycles. The van der Waals surface area contributed by atoms with Gasteiger partial charge < -0.3 is 23.9 Å². The Morgan fingerprint density at radius 1 is 1.09 bits per heavy atom. The van der Waals surface area contributed by atoms with E-state index in [2.05, 4.69) is 5.32 Å². The molecule has 2 aromatic heterocycles. The molecule has 7 heteroatoms. The van der Waals surface area contributed by atoms with Crippen molar-refractivity contribution in [3.63, 3.8) is 0 Å². The zero-order chi connectivity index (χ0) is 22.1. The highest BCUT2D eigenvalue weighted by atomic mass is 16.5. The van der Waals surface area contributed by atoms with Crippen molar-refractivity contribution in [1.29, 1.82) is 0 Å². The number of carbonyl (C=O) groups is 2. The van der Waals surface area contributed by atoms with Crippen molar-refractivity contribution in [2.45, 2.75) is 82.5 Å². The van der Waals surface area contributed by atoms with Gasteiger partial charge in [0.2, 0.25) is 5.91 Å². The summed E-state index contributed by atoms with van der Waals surface area (Å²) in [6, 6.07) is 7.64. The molecule has 5 rings (SSSR count). The van der Waals surface area contributed by atoms with Gasteiger partial charge in [0.25, 0.3) is 5.91 Å². The molecule has 2 fully saturated rings. The molecule has 1 saturated carbocycles. The van der Waals surface area contributed by atoms with Gasteiger partial charge in [-0.15, -0.1) is 0 Å². The molecule has 2 aromatic rings. The fourth-order valence-electron chi connectivity index (χ4n) is 5.46. The summed E-state index contributed by atoms with van der Waals surface area (Å²) in [7, 11) is 0. The molecule has 0 bridgehead atoms. The molecule has 7 nitrogen and oxygen atoms in total. The summed E-state index contributed by atoms with van der Waals surface area (Å²) >= 11 is 0. The Balaban J connectivity index is 1.48. The van der Waals surface area contributed by atoms with Crippen molar-refractivity contribution >= 4 is 11.8 Å². The number of rotatable bonds is 5. The van der Waals surface area contributed by atoms with Crippen molar-refractivity contribution in [2.24, 2.45) is 0 Å². The summed E-state index contributed by atoms with van der Waals surface area (Å²) in [4.78, 5) is 29.2. The molecule has 0 radical (unpaired) electrons. The lowest BCUT2D eigenvalue weighted by molar-refractivity contribution is -0.134. The first-order chi connectivity index (χ1) is 15.6. The van der Waals surface area contributed by atoms with E-state index in [1.807, 2.05) is 35.8 Å². The van der Waals surface area contributed by atoms with E-state index in [1.54, 1.807) is 11.2 Å². The van der Waals surface area contributed by atoms with Gasteiger partial charge >= 0.3 is 0 Å². The van der Waals surface area contributed by atoms with Gasteiger partial charge in [-0.05, 0) is 56.9 Å². The number of amides is 2. The van der Waals surface area contributed by atoms with Crippen LogP contribution < -0.4 is 5.32 Å². The predicted octanol–water partition coefficient (Wildman–Crippen LogP) is 3.98. The highest BCUT2D eigenvalue weighted by molar-refractivity contribution is 6.00. The molecule has 32 heavy (non-hydrogen) atoms. The number of aromatic nitrogens is 1. The summed E-state index contributed by atoms with van der Waals surface area (Å²) < 4.78 is 13.4. The second-order valence-corrected chi connectivity index (χ2v) is 9.65. The van der Waals surface area contributed by atoms with Crippen LogP contribution in [-0.4, -0.2) is 52.1 Å². The first-order valence-electron chi connectivity index (χ1n) is 12.0. The maximum atomic E-state index is 13.8. The Hall–Kier alpha value is -2.54. The van der Waals surface area contributed by atoms with Crippen LogP contribution in [0.4, 0.5) is 0 Å². The molecule has 3 aliphatic rings. The van der Waals surface area contributed by atoms with E-state index in [0.717, 1.165) is 50.8 Å². The number of carbonyl (C=O) groups excluding carboxylic acids is 2. The fourth-order valence-corrected chi connectivity index (χ4v) is 5.46. The fraction of sp³-hybridized carbons (Fsp3) is 0.600. The number of nitrogens with one attached hydrogen (secondary N) is 1. The Kier molecular flexibility index (Phi) is 5.84. The normalized spacial score (nSPS) is 26.7. The van der Waals surface area contributed by atoms with Crippen molar-refractivity contribution in [3.05, 3.63) is 36.2 Å². The van der Waals surface area contributed by atoms with Crippen LogP contribution in [0.2, 0.25) is 0 Å². The smallest absolute Gasteiger partial charge is 0.271 e. The molecule has 2 aliphatic heterocycles. The van der Waals surface area contributed by atoms with Gasteiger partial charge in [-0.1, -0.05) is 25.7 Å². The quantitative estimate of drug-likeness (QED) is 0.715. The number of furan rings is 1. The highest BCUT2D eigenvalue weighted by Gasteiger charge is 2.49.